The van der Waals surface area contributed by atoms with E-state index in [0.29, 0.717) is 52.6 Å². The van der Waals surface area contributed by atoms with Gasteiger partial charge in [-0.3, -0.25) is 9.63 Å². The van der Waals surface area contributed by atoms with Gasteiger partial charge in [-0.2, -0.15) is 0 Å². The van der Waals surface area contributed by atoms with Crippen LogP contribution in [0.1, 0.15) is 32.1 Å². The molecule has 7 heteroatoms. The molecule has 0 aliphatic carbocycles. The zero-order valence-corrected chi connectivity index (χ0v) is 13.1. The van der Waals surface area contributed by atoms with E-state index in [1.807, 2.05) is 0 Å². The summed E-state index contributed by atoms with van der Waals surface area (Å²) in [6.07, 6.45) is 4.47. The van der Waals surface area contributed by atoms with Gasteiger partial charge >= 0.3 is 0 Å². The molecule has 0 atom stereocenters. The molecule has 0 heterocycles. The fourth-order valence-corrected chi connectivity index (χ4v) is 1.53. The molecule has 0 aromatic heterocycles. The van der Waals surface area contributed by atoms with Gasteiger partial charge in [-0.15, -0.1) is 0 Å². The zero-order valence-electron chi connectivity index (χ0n) is 13.1. The maximum atomic E-state index is 11.4. The predicted molar refractivity (Wildman–Crippen MR) is 79.7 cm³/mol. The summed E-state index contributed by atoms with van der Waals surface area (Å²) in [5, 5.41) is 0. The van der Waals surface area contributed by atoms with Gasteiger partial charge in [0.2, 0.25) is 5.91 Å². The van der Waals surface area contributed by atoms with Gasteiger partial charge in [-0.1, -0.05) is 12.8 Å². The van der Waals surface area contributed by atoms with E-state index in [9.17, 15) is 4.79 Å². The van der Waals surface area contributed by atoms with E-state index in [0.717, 1.165) is 25.7 Å². The number of hydrogen-bond acceptors (Lipinski definition) is 6. The van der Waals surface area contributed by atoms with Crippen molar-refractivity contribution in [2.24, 2.45) is 5.73 Å². The predicted octanol–water partition coefficient (Wildman–Crippen LogP) is 0.623. The van der Waals surface area contributed by atoms with E-state index in [1.165, 1.54) is 0 Å². The second kappa shape index (κ2) is 17.3. The molecule has 1 amide bonds. The van der Waals surface area contributed by atoms with Crippen molar-refractivity contribution in [3.05, 3.63) is 0 Å². The number of nitrogens with one attached hydrogen (secondary N) is 1. The Balaban J connectivity index is 3.11. The molecule has 0 aliphatic rings. The first-order chi connectivity index (χ1) is 10.3. The van der Waals surface area contributed by atoms with Gasteiger partial charge < -0.3 is 19.9 Å². The molecule has 0 rings (SSSR count). The molecule has 0 bridgehead atoms. The van der Waals surface area contributed by atoms with Crippen molar-refractivity contribution in [2.75, 3.05) is 53.3 Å². The van der Waals surface area contributed by atoms with Crippen molar-refractivity contribution in [1.29, 1.82) is 0 Å². The Kier molecular flexibility index (Phi) is 16.7. The molecule has 0 aliphatic heterocycles. The maximum absolute atomic E-state index is 11.4. The van der Waals surface area contributed by atoms with E-state index < -0.39 is 0 Å². The summed E-state index contributed by atoms with van der Waals surface area (Å²) in [6.45, 7) is 3.65. The van der Waals surface area contributed by atoms with Crippen LogP contribution in [0.3, 0.4) is 0 Å². The summed E-state index contributed by atoms with van der Waals surface area (Å²) < 4.78 is 15.3. The van der Waals surface area contributed by atoms with Crippen LogP contribution in [0.25, 0.3) is 0 Å². The summed E-state index contributed by atoms with van der Waals surface area (Å²) in [7, 11) is 1.63. The highest BCUT2D eigenvalue weighted by atomic mass is 16.7. The Hall–Kier alpha value is -0.730. The highest BCUT2D eigenvalue weighted by Gasteiger charge is 2.00. The van der Waals surface area contributed by atoms with E-state index >= 15 is 0 Å². The number of nitrogens with two attached hydrogens (primary N) is 1. The van der Waals surface area contributed by atoms with Crippen molar-refractivity contribution in [3.63, 3.8) is 0 Å². The number of amides is 1. The highest BCUT2D eigenvalue weighted by Crippen LogP contribution is 2.01. The number of hydroxylamine groups is 1. The van der Waals surface area contributed by atoms with Gasteiger partial charge in [0.1, 0.15) is 0 Å². The third-order valence-corrected chi connectivity index (χ3v) is 2.68. The number of rotatable bonds is 16. The summed E-state index contributed by atoms with van der Waals surface area (Å²) in [5.41, 5.74) is 7.79. The largest absolute Gasteiger partial charge is 0.382 e. The lowest BCUT2D eigenvalue weighted by Crippen LogP contribution is -2.25. The van der Waals surface area contributed by atoms with E-state index in [1.54, 1.807) is 7.11 Å². The van der Waals surface area contributed by atoms with Crippen LogP contribution in [0, 0.1) is 0 Å². The van der Waals surface area contributed by atoms with Crippen molar-refractivity contribution < 1.29 is 23.8 Å². The van der Waals surface area contributed by atoms with Crippen LogP contribution in [-0.2, 0) is 23.8 Å². The molecule has 126 valence electrons. The van der Waals surface area contributed by atoms with E-state index in [-0.39, 0.29) is 5.91 Å². The average Bonchev–Trinajstić information content (AvgIpc) is 2.49. The summed E-state index contributed by atoms with van der Waals surface area (Å²) in [4.78, 5) is 16.4. The van der Waals surface area contributed by atoms with Crippen LogP contribution >= 0.6 is 0 Å². The van der Waals surface area contributed by atoms with Crippen LogP contribution in [0.5, 0.6) is 0 Å². The first-order valence-electron chi connectivity index (χ1n) is 7.56. The normalized spacial score (nSPS) is 10.8. The van der Waals surface area contributed by atoms with Crippen LogP contribution in [-0.4, -0.2) is 59.2 Å². The topological polar surface area (TPSA) is 92.0 Å². The molecule has 0 saturated heterocycles. The summed E-state index contributed by atoms with van der Waals surface area (Å²) in [5.74, 6) is -0.0920. The van der Waals surface area contributed by atoms with Crippen molar-refractivity contribution in [1.82, 2.24) is 5.48 Å². The van der Waals surface area contributed by atoms with Gasteiger partial charge in [0.15, 0.2) is 0 Å². The van der Waals surface area contributed by atoms with Gasteiger partial charge in [0.05, 0.1) is 39.6 Å². The number of unbranched alkanes of at least 4 members (excludes halogenated alkanes) is 3. The van der Waals surface area contributed by atoms with Gasteiger partial charge in [-0.25, -0.2) is 5.48 Å². The van der Waals surface area contributed by atoms with Gasteiger partial charge in [0.25, 0.3) is 0 Å². The minimum Gasteiger partial charge on any atom is -0.382 e. The second-order valence-corrected chi connectivity index (χ2v) is 4.54. The Morgan fingerprint density at radius 1 is 0.905 bits per heavy atom. The Bertz CT molecular complexity index is 229. The van der Waals surface area contributed by atoms with Crippen LogP contribution < -0.4 is 11.2 Å². The fourth-order valence-electron chi connectivity index (χ4n) is 1.53. The number of hydrogen-bond donors (Lipinski definition) is 2. The summed E-state index contributed by atoms with van der Waals surface area (Å²) >= 11 is 0. The molecule has 0 aromatic carbocycles. The Labute approximate surface area is 127 Å². The third-order valence-electron chi connectivity index (χ3n) is 2.68. The molecule has 0 saturated carbocycles. The second-order valence-electron chi connectivity index (χ2n) is 4.54. The first-order valence-corrected chi connectivity index (χ1v) is 7.56. The Morgan fingerprint density at radius 3 is 2.19 bits per heavy atom. The number of ether oxygens (including phenoxy) is 3. The molecular weight excluding hydrogens is 276 g/mol. The van der Waals surface area contributed by atoms with Crippen LogP contribution in [0.15, 0.2) is 0 Å². The lowest BCUT2D eigenvalue weighted by molar-refractivity contribution is -0.135. The van der Waals surface area contributed by atoms with Gasteiger partial charge in [0, 0.05) is 13.5 Å². The van der Waals surface area contributed by atoms with Crippen molar-refractivity contribution >= 4 is 5.91 Å². The number of methoxy groups -OCH3 is 1. The van der Waals surface area contributed by atoms with Crippen molar-refractivity contribution in [2.45, 2.75) is 32.1 Å². The Morgan fingerprint density at radius 2 is 1.52 bits per heavy atom. The minimum atomic E-state index is -0.0920. The molecule has 0 aromatic rings. The molecule has 0 radical (unpaired) electrons. The lowest BCUT2D eigenvalue weighted by atomic mass is 10.1. The molecule has 21 heavy (non-hydrogen) atoms. The number of carbonyl (C=O) groups is 1. The smallest absolute Gasteiger partial charge is 0.243 e. The zero-order chi connectivity index (χ0) is 15.6. The molecule has 0 fully saturated rings. The summed E-state index contributed by atoms with van der Waals surface area (Å²) in [6, 6.07) is 0. The molecule has 7 nitrogen and oxygen atoms in total. The standard InChI is InChI=1S/C14H30N2O5/c1-18-8-9-19-10-11-20-12-13-21-16-14(17)6-4-2-3-5-7-15/h2-13,15H2,1H3,(H,16,17). The minimum absolute atomic E-state index is 0.0920. The average molecular weight is 306 g/mol. The molecular formula is C14H30N2O5. The monoisotopic (exact) mass is 306 g/mol. The van der Waals surface area contributed by atoms with Gasteiger partial charge in [-0.05, 0) is 19.4 Å². The van der Waals surface area contributed by atoms with E-state index in [4.69, 9.17) is 24.8 Å². The first kappa shape index (κ1) is 20.3. The number of carbonyl (C=O) groups excluding carboxylic acids is 1. The third kappa shape index (κ3) is 17.2. The molecule has 0 unspecified atom stereocenters. The lowest BCUT2D eigenvalue weighted by Gasteiger charge is -2.07. The van der Waals surface area contributed by atoms with Crippen LogP contribution in [0.4, 0.5) is 0 Å². The maximum Gasteiger partial charge on any atom is 0.243 e. The van der Waals surface area contributed by atoms with Crippen LogP contribution in [0.2, 0.25) is 0 Å². The molecule has 3 N–H and O–H groups in total. The molecule has 0 spiro atoms. The SMILES string of the molecule is COCCOCCOCCONC(=O)CCCCCCN. The van der Waals surface area contributed by atoms with E-state index in [2.05, 4.69) is 5.48 Å². The highest BCUT2D eigenvalue weighted by molar-refractivity contribution is 5.74. The van der Waals surface area contributed by atoms with Crippen molar-refractivity contribution in [3.8, 4) is 0 Å². The quantitative estimate of drug-likeness (QED) is 0.321. The fraction of sp³-hybridized carbons (Fsp3) is 0.929.